The molecule has 0 radical (unpaired) electrons. The van der Waals surface area contributed by atoms with E-state index in [2.05, 4.69) is 4.74 Å². The second kappa shape index (κ2) is 7.42. The van der Waals surface area contributed by atoms with E-state index >= 15 is 0 Å². The number of methoxy groups -OCH3 is 1. The van der Waals surface area contributed by atoms with Gasteiger partial charge in [0, 0.05) is 6.08 Å². The minimum absolute atomic E-state index is 0. The maximum atomic E-state index is 10.1. The Morgan fingerprint density at radius 1 is 1.40 bits per heavy atom. The molecular weight excluding hydrogens is 163 g/mol. The van der Waals surface area contributed by atoms with E-state index < -0.39 is 11.9 Å². The van der Waals surface area contributed by atoms with Crippen LogP contribution in [0.5, 0.6) is 0 Å². The predicted octanol–water partition coefficient (Wildman–Crippen LogP) is -4.53. The van der Waals surface area contributed by atoms with Crippen molar-refractivity contribution in [1.29, 1.82) is 0 Å². The minimum Gasteiger partial charge on any atom is -0.545 e. The number of hydrogen-bond acceptors (Lipinski definition) is 4. The van der Waals surface area contributed by atoms with Crippen molar-refractivity contribution in [3.8, 4) is 0 Å². The number of ether oxygens (including phenoxy) is 1. The second-order valence-corrected chi connectivity index (χ2v) is 1.18. The van der Waals surface area contributed by atoms with Crippen molar-refractivity contribution >= 4 is 11.9 Å². The van der Waals surface area contributed by atoms with Crippen LogP contribution in [0.15, 0.2) is 12.2 Å². The van der Waals surface area contributed by atoms with E-state index in [1.807, 2.05) is 0 Å². The summed E-state index contributed by atoms with van der Waals surface area (Å²) in [6.07, 6.45) is 1.38. The number of carboxylic acid groups (broad SMARTS) is 1. The number of carbonyl (C=O) groups is 2. The SMILES string of the molecule is COC(=O)/C=C\C(=O)[O-].[K+]. The van der Waals surface area contributed by atoms with Crippen LogP contribution in [0.1, 0.15) is 0 Å². The molecule has 50 valence electrons. The Labute approximate surface area is 101 Å². The standard InChI is InChI=1S/C5H6O4.K/c1-9-5(8)3-2-4(6)7;/h2-3H,1H3,(H,6,7);/q;+1/p-1/b3-2-;. The summed E-state index contributed by atoms with van der Waals surface area (Å²) in [7, 11) is 1.15. The van der Waals surface area contributed by atoms with Crippen molar-refractivity contribution < 1.29 is 70.8 Å². The van der Waals surface area contributed by atoms with Gasteiger partial charge in [-0.25, -0.2) is 4.79 Å². The van der Waals surface area contributed by atoms with Gasteiger partial charge in [0.2, 0.25) is 0 Å². The first-order valence-electron chi connectivity index (χ1n) is 2.14. The average molecular weight is 168 g/mol. The Morgan fingerprint density at radius 2 is 1.90 bits per heavy atom. The molecular formula is C5H5KO4. The zero-order valence-electron chi connectivity index (χ0n) is 5.79. The first-order chi connectivity index (χ1) is 4.16. The van der Waals surface area contributed by atoms with E-state index in [1.165, 1.54) is 0 Å². The molecule has 0 aliphatic rings. The number of aliphatic carboxylic acids is 1. The molecule has 10 heavy (non-hydrogen) atoms. The largest absolute Gasteiger partial charge is 1.00 e. The predicted molar refractivity (Wildman–Crippen MR) is 26.2 cm³/mol. The Balaban J connectivity index is 0. The van der Waals surface area contributed by atoms with Gasteiger partial charge in [0.1, 0.15) is 0 Å². The van der Waals surface area contributed by atoms with E-state index in [0.717, 1.165) is 13.2 Å². The Hall–Kier alpha value is 0.316. The van der Waals surface area contributed by atoms with Crippen molar-refractivity contribution in [2.75, 3.05) is 7.11 Å². The van der Waals surface area contributed by atoms with E-state index in [-0.39, 0.29) is 51.4 Å². The van der Waals surface area contributed by atoms with Crippen LogP contribution in [-0.4, -0.2) is 19.0 Å². The van der Waals surface area contributed by atoms with Gasteiger partial charge in [0.15, 0.2) is 0 Å². The molecule has 0 fully saturated rings. The van der Waals surface area contributed by atoms with Crippen molar-refractivity contribution in [3.63, 3.8) is 0 Å². The zero-order chi connectivity index (χ0) is 7.28. The maximum Gasteiger partial charge on any atom is 1.00 e. The van der Waals surface area contributed by atoms with Gasteiger partial charge < -0.3 is 14.6 Å². The number of carboxylic acids is 1. The van der Waals surface area contributed by atoms with E-state index in [4.69, 9.17) is 0 Å². The summed E-state index contributed by atoms with van der Waals surface area (Å²) in [5, 5.41) is 9.61. The third-order valence-corrected chi connectivity index (χ3v) is 0.557. The Morgan fingerprint density at radius 3 is 2.20 bits per heavy atom. The third-order valence-electron chi connectivity index (χ3n) is 0.557. The summed E-state index contributed by atoms with van der Waals surface area (Å²) in [5.41, 5.74) is 0. The third kappa shape index (κ3) is 8.32. The smallest absolute Gasteiger partial charge is 0.545 e. The van der Waals surface area contributed by atoms with Crippen LogP contribution in [0.4, 0.5) is 0 Å². The summed E-state index contributed by atoms with van der Waals surface area (Å²) in [6, 6.07) is 0. The van der Waals surface area contributed by atoms with Gasteiger partial charge >= 0.3 is 57.4 Å². The molecule has 0 unspecified atom stereocenters. The van der Waals surface area contributed by atoms with Gasteiger partial charge in [-0.2, -0.15) is 0 Å². The molecule has 4 nitrogen and oxygen atoms in total. The molecule has 5 heteroatoms. The number of esters is 1. The topological polar surface area (TPSA) is 66.4 Å². The molecule has 0 rings (SSSR count). The van der Waals surface area contributed by atoms with Crippen LogP contribution in [-0.2, 0) is 14.3 Å². The molecule has 0 saturated carbocycles. The van der Waals surface area contributed by atoms with Gasteiger partial charge in [-0.3, -0.25) is 0 Å². The van der Waals surface area contributed by atoms with E-state index in [9.17, 15) is 14.7 Å². The Bertz CT molecular complexity index is 152. The van der Waals surface area contributed by atoms with Gasteiger partial charge in [-0.1, -0.05) is 0 Å². The fourth-order valence-corrected chi connectivity index (χ4v) is 0.204. The van der Waals surface area contributed by atoms with Crippen molar-refractivity contribution in [2.24, 2.45) is 0 Å². The maximum absolute atomic E-state index is 10.1. The van der Waals surface area contributed by atoms with Crippen molar-refractivity contribution in [3.05, 3.63) is 12.2 Å². The van der Waals surface area contributed by atoms with Crippen LogP contribution in [0.25, 0.3) is 0 Å². The average Bonchev–Trinajstić information content (AvgIpc) is 1.83. The molecule has 0 aliphatic heterocycles. The summed E-state index contributed by atoms with van der Waals surface area (Å²) < 4.78 is 4.08. The molecule has 0 aromatic heterocycles. The van der Waals surface area contributed by atoms with Crippen LogP contribution >= 0.6 is 0 Å². The fraction of sp³-hybridized carbons (Fsp3) is 0.200. The molecule has 0 bridgehead atoms. The molecule has 0 spiro atoms. The summed E-state index contributed by atoms with van der Waals surface area (Å²) >= 11 is 0. The second-order valence-electron chi connectivity index (χ2n) is 1.18. The molecule has 0 saturated heterocycles. The molecule has 0 atom stereocenters. The van der Waals surface area contributed by atoms with E-state index in [1.54, 1.807) is 0 Å². The molecule has 0 aromatic rings. The molecule has 0 aliphatic carbocycles. The first kappa shape index (κ1) is 12.9. The number of carbonyl (C=O) groups excluding carboxylic acids is 2. The first-order valence-corrected chi connectivity index (χ1v) is 2.14. The van der Waals surface area contributed by atoms with Crippen LogP contribution in [0.2, 0.25) is 0 Å². The van der Waals surface area contributed by atoms with Gasteiger partial charge in [-0.05, 0) is 6.08 Å². The zero-order valence-corrected chi connectivity index (χ0v) is 8.91. The molecule has 0 heterocycles. The monoisotopic (exact) mass is 168 g/mol. The molecule has 0 amide bonds. The number of rotatable bonds is 2. The van der Waals surface area contributed by atoms with Crippen LogP contribution < -0.4 is 56.5 Å². The summed E-state index contributed by atoms with van der Waals surface area (Å²) in [4.78, 5) is 19.7. The van der Waals surface area contributed by atoms with Gasteiger partial charge in [0.05, 0.1) is 13.1 Å². The van der Waals surface area contributed by atoms with Gasteiger partial charge in [0.25, 0.3) is 0 Å². The fourth-order valence-electron chi connectivity index (χ4n) is 0.204. The molecule has 0 aromatic carbocycles. The van der Waals surface area contributed by atoms with Gasteiger partial charge in [-0.15, -0.1) is 0 Å². The van der Waals surface area contributed by atoms with Crippen LogP contribution in [0.3, 0.4) is 0 Å². The van der Waals surface area contributed by atoms with Crippen LogP contribution in [0, 0.1) is 0 Å². The Kier molecular flexibility index (Phi) is 9.61. The number of hydrogen-bond donors (Lipinski definition) is 0. The summed E-state index contributed by atoms with van der Waals surface area (Å²) in [5.74, 6) is -2.13. The molecule has 0 N–H and O–H groups in total. The normalized spacial score (nSPS) is 8.50. The van der Waals surface area contributed by atoms with E-state index in [0.29, 0.717) is 6.08 Å². The quantitative estimate of drug-likeness (QED) is 0.237. The summed E-state index contributed by atoms with van der Waals surface area (Å²) in [6.45, 7) is 0. The van der Waals surface area contributed by atoms with Crippen molar-refractivity contribution in [1.82, 2.24) is 0 Å². The minimum atomic E-state index is -1.42. The van der Waals surface area contributed by atoms with Crippen molar-refractivity contribution in [2.45, 2.75) is 0 Å².